The first kappa shape index (κ1) is 25.2. The van der Waals surface area contributed by atoms with E-state index in [-0.39, 0.29) is 5.82 Å². The van der Waals surface area contributed by atoms with Crippen molar-refractivity contribution in [2.45, 2.75) is 6.92 Å². The van der Waals surface area contributed by atoms with Crippen molar-refractivity contribution in [1.82, 2.24) is 4.57 Å². The molecule has 0 atom stereocenters. The smallest absolute Gasteiger partial charge is 0.298 e. The summed E-state index contributed by atoms with van der Waals surface area (Å²) in [6, 6.07) is 44.7. The van der Waals surface area contributed by atoms with Crippen LogP contribution in [0.4, 0.5) is 4.39 Å². The fraction of sp³-hybridized carbons (Fsp3) is 0.0513. The van der Waals surface area contributed by atoms with E-state index in [0.717, 1.165) is 66.7 Å². The molecular formula is C39H28FN2O+. The third kappa shape index (κ3) is 3.91. The number of hydrogen-bond donors (Lipinski definition) is 0. The van der Waals surface area contributed by atoms with Crippen LogP contribution < -0.4 is 4.57 Å². The Bertz CT molecular complexity index is 2300. The van der Waals surface area contributed by atoms with Crippen molar-refractivity contribution < 1.29 is 13.4 Å². The fourth-order valence-electron chi connectivity index (χ4n) is 6.42. The highest BCUT2D eigenvalue weighted by atomic mass is 19.1. The van der Waals surface area contributed by atoms with Crippen LogP contribution in [0.3, 0.4) is 0 Å². The Morgan fingerprint density at radius 2 is 1.16 bits per heavy atom. The molecular weight excluding hydrogens is 531 g/mol. The highest BCUT2D eigenvalue weighted by Crippen LogP contribution is 2.43. The number of benzene rings is 6. The lowest BCUT2D eigenvalue weighted by Crippen LogP contribution is -2.30. The lowest BCUT2D eigenvalue weighted by atomic mass is 9.98. The number of fused-ring (bicyclic) bond motifs is 4. The third-order valence-corrected chi connectivity index (χ3v) is 8.50. The van der Waals surface area contributed by atoms with Crippen molar-refractivity contribution in [2.24, 2.45) is 7.05 Å². The van der Waals surface area contributed by atoms with Crippen molar-refractivity contribution in [3.05, 3.63) is 145 Å². The summed E-state index contributed by atoms with van der Waals surface area (Å²) in [5, 5.41) is 1.85. The van der Waals surface area contributed by atoms with E-state index >= 15 is 4.39 Å². The van der Waals surface area contributed by atoms with Crippen LogP contribution in [0.1, 0.15) is 5.56 Å². The van der Waals surface area contributed by atoms with Crippen molar-refractivity contribution in [1.29, 1.82) is 0 Å². The molecule has 0 radical (unpaired) electrons. The summed E-state index contributed by atoms with van der Waals surface area (Å²) in [5.74, 6) is 0.699. The molecule has 206 valence electrons. The number of aryl methyl sites for hydroxylation is 2. The summed E-state index contributed by atoms with van der Waals surface area (Å²) in [4.78, 5) is 0. The van der Waals surface area contributed by atoms with Gasteiger partial charge < -0.3 is 4.42 Å². The predicted octanol–water partition coefficient (Wildman–Crippen LogP) is 9.80. The van der Waals surface area contributed by atoms with Crippen LogP contribution in [0.2, 0.25) is 0 Å². The molecule has 0 saturated carbocycles. The number of nitrogens with zero attached hydrogens (tertiary/aromatic N) is 2. The standard InChI is InChI=1S/C39H28FN2O/c1-25-17-22-30-31-23-24-32(40)36(28-20-18-27(19-21-28)26-11-5-3-6-12-26)38(31)43-37(30)35(25)39-41(2)33-15-9-10-16-34(33)42(39)29-13-7-4-8-14-29/h3-24H,1-2H3/q+1. The molecule has 0 N–H and O–H groups in total. The topological polar surface area (TPSA) is 21.9 Å². The monoisotopic (exact) mass is 559 g/mol. The Hall–Kier alpha value is -5.48. The van der Waals surface area contributed by atoms with Crippen LogP contribution in [-0.2, 0) is 7.05 Å². The number of halogens is 1. The molecule has 2 heterocycles. The van der Waals surface area contributed by atoms with Crippen molar-refractivity contribution in [3.8, 4) is 39.3 Å². The lowest BCUT2D eigenvalue weighted by molar-refractivity contribution is -0.633. The zero-order chi connectivity index (χ0) is 29.1. The van der Waals surface area contributed by atoms with Crippen molar-refractivity contribution in [3.63, 3.8) is 0 Å². The Balaban J connectivity index is 1.40. The number of para-hydroxylation sites is 3. The van der Waals surface area contributed by atoms with E-state index in [4.69, 9.17) is 4.42 Å². The first-order valence-electron chi connectivity index (χ1n) is 14.5. The second-order valence-electron chi connectivity index (χ2n) is 11.0. The van der Waals surface area contributed by atoms with Gasteiger partial charge in [-0.05, 0) is 65.6 Å². The first-order chi connectivity index (χ1) is 21.1. The van der Waals surface area contributed by atoms with E-state index in [1.54, 1.807) is 6.07 Å². The summed E-state index contributed by atoms with van der Waals surface area (Å²) in [6.07, 6.45) is 0. The summed E-state index contributed by atoms with van der Waals surface area (Å²) in [6.45, 7) is 2.11. The van der Waals surface area contributed by atoms with Crippen molar-refractivity contribution in [2.75, 3.05) is 0 Å². The summed E-state index contributed by atoms with van der Waals surface area (Å²) in [7, 11) is 2.09. The third-order valence-electron chi connectivity index (χ3n) is 8.50. The van der Waals surface area contributed by atoms with E-state index < -0.39 is 0 Å². The normalized spacial score (nSPS) is 11.6. The van der Waals surface area contributed by atoms with Gasteiger partial charge in [-0.3, -0.25) is 0 Å². The molecule has 0 fully saturated rings. The average molecular weight is 560 g/mol. The fourth-order valence-corrected chi connectivity index (χ4v) is 6.42. The van der Waals surface area contributed by atoms with Crippen LogP contribution in [0.15, 0.2) is 138 Å². The maximum Gasteiger partial charge on any atom is 0.298 e. The van der Waals surface area contributed by atoms with Crippen LogP contribution in [0.25, 0.3) is 72.3 Å². The molecule has 4 heteroatoms. The predicted molar refractivity (Wildman–Crippen MR) is 173 cm³/mol. The number of aromatic nitrogens is 2. The number of imidazole rings is 1. The highest BCUT2D eigenvalue weighted by Gasteiger charge is 2.30. The van der Waals surface area contributed by atoms with Crippen molar-refractivity contribution >= 4 is 33.0 Å². The molecule has 0 spiro atoms. The van der Waals surface area contributed by atoms with E-state index in [2.05, 4.69) is 95.9 Å². The molecule has 8 aromatic rings. The summed E-state index contributed by atoms with van der Waals surface area (Å²) in [5.41, 5.74) is 10.1. The van der Waals surface area contributed by atoms with Gasteiger partial charge in [-0.25, -0.2) is 8.96 Å². The van der Waals surface area contributed by atoms with Gasteiger partial charge in [0.25, 0.3) is 5.82 Å². The van der Waals surface area contributed by atoms with E-state index in [1.165, 1.54) is 0 Å². The minimum atomic E-state index is -0.304. The molecule has 43 heavy (non-hydrogen) atoms. The van der Waals surface area contributed by atoms with Crippen LogP contribution in [-0.4, -0.2) is 4.57 Å². The zero-order valence-electron chi connectivity index (χ0n) is 23.9. The van der Waals surface area contributed by atoms with Gasteiger partial charge >= 0.3 is 0 Å². The molecule has 8 rings (SSSR count). The molecule has 0 aliphatic rings. The maximum atomic E-state index is 15.7. The van der Waals surface area contributed by atoms with Gasteiger partial charge in [-0.1, -0.05) is 97.1 Å². The minimum absolute atomic E-state index is 0.304. The van der Waals surface area contributed by atoms with Gasteiger partial charge in [0.1, 0.15) is 22.7 Å². The first-order valence-corrected chi connectivity index (χ1v) is 14.5. The second-order valence-corrected chi connectivity index (χ2v) is 11.0. The quantitative estimate of drug-likeness (QED) is 0.197. The van der Waals surface area contributed by atoms with Crippen LogP contribution >= 0.6 is 0 Å². The number of furan rings is 1. The van der Waals surface area contributed by atoms with Gasteiger partial charge in [0.15, 0.2) is 16.6 Å². The number of hydrogen-bond acceptors (Lipinski definition) is 1. The summed E-state index contributed by atoms with van der Waals surface area (Å²) >= 11 is 0. The minimum Gasteiger partial charge on any atom is -0.454 e. The largest absolute Gasteiger partial charge is 0.454 e. The maximum absolute atomic E-state index is 15.7. The van der Waals surface area contributed by atoms with Crippen LogP contribution in [0.5, 0.6) is 0 Å². The SMILES string of the molecule is Cc1ccc2c(oc3c(-c4ccc(-c5ccccc5)cc4)c(F)ccc32)c1-c1n(-c2ccccc2)c2ccccc2[n+]1C. The average Bonchev–Trinajstić information content (AvgIpc) is 3.57. The van der Waals surface area contributed by atoms with E-state index in [1.807, 2.05) is 54.6 Å². The molecule has 0 aliphatic carbocycles. The zero-order valence-corrected chi connectivity index (χ0v) is 23.9. The van der Waals surface area contributed by atoms with Gasteiger partial charge in [0.2, 0.25) is 0 Å². The molecule has 0 saturated heterocycles. The molecule has 3 nitrogen and oxygen atoms in total. The van der Waals surface area contributed by atoms with Gasteiger partial charge in [0, 0.05) is 10.8 Å². The Morgan fingerprint density at radius 1 is 0.581 bits per heavy atom. The van der Waals surface area contributed by atoms with Gasteiger partial charge in [-0.15, -0.1) is 0 Å². The molecule has 0 amide bonds. The Morgan fingerprint density at radius 3 is 1.91 bits per heavy atom. The molecule has 2 aromatic heterocycles. The van der Waals surface area contributed by atoms with E-state index in [9.17, 15) is 0 Å². The van der Waals surface area contributed by atoms with Gasteiger partial charge in [-0.2, -0.15) is 4.57 Å². The summed E-state index contributed by atoms with van der Waals surface area (Å²) < 4.78 is 27.0. The number of rotatable bonds is 4. The molecule has 0 bridgehead atoms. The Kier molecular flexibility index (Phi) is 5.76. The lowest BCUT2D eigenvalue weighted by Gasteiger charge is -2.07. The van der Waals surface area contributed by atoms with E-state index in [0.29, 0.717) is 11.1 Å². The molecule has 6 aromatic carbocycles. The second kappa shape index (κ2) is 9.81. The van der Waals surface area contributed by atoms with Gasteiger partial charge in [0.05, 0.1) is 12.6 Å². The molecule has 0 aliphatic heterocycles. The Labute approximate surface area is 248 Å². The van der Waals surface area contributed by atoms with Crippen LogP contribution in [0, 0.1) is 12.7 Å². The molecule has 0 unspecified atom stereocenters. The highest BCUT2D eigenvalue weighted by molar-refractivity contribution is 6.13.